The van der Waals surface area contributed by atoms with Gasteiger partial charge in [-0.25, -0.2) is 0 Å². The molecule has 1 heterocycles. The molecule has 0 saturated heterocycles. The van der Waals surface area contributed by atoms with Crippen molar-refractivity contribution >= 4 is 5.91 Å². The molecule has 1 aliphatic rings. The largest absolute Gasteiger partial charge is 0.489 e. The minimum absolute atomic E-state index is 0.0882. The molecular weight excluding hydrogens is 346 g/mol. The Morgan fingerprint density at radius 3 is 2.50 bits per heavy atom. The van der Waals surface area contributed by atoms with Crippen molar-refractivity contribution in [3.05, 3.63) is 100 Å². The Morgan fingerprint density at radius 2 is 1.71 bits per heavy atom. The molecule has 0 unspecified atom stereocenters. The second kappa shape index (κ2) is 7.89. The van der Waals surface area contributed by atoms with Gasteiger partial charge in [0.2, 0.25) is 0 Å². The molecule has 0 spiro atoms. The number of benzene rings is 3. The lowest BCUT2D eigenvalue weighted by molar-refractivity contribution is 0.0725. The van der Waals surface area contributed by atoms with Gasteiger partial charge in [-0.15, -0.1) is 0 Å². The Morgan fingerprint density at radius 1 is 0.929 bits per heavy atom. The summed E-state index contributed by atoms with van der Waals surface area (Å²) in [5.41, 5.74) is 6.58. The SMILES string of the molecule is Cc1ccc(COc2cccc3c2CCN(Cc2ccccc2C)C3=O)cc1. The van der Waals surface area contributed by atoms with Crippen LogP contribution in [0.25, 0.3) is 0 Å². The molecule has 0 fully saturated rings. The summed E-state index contributed by atoms with van der Waals surface area (Å²) in [6.07, 6.45) is 0.816. The van der Waals surface area contributed by atoms with Crippen LogP contribution in [0.4, 0.5) is 0 Å². The number of amides is 1. The fraction of sp³-hybridized carbons (Fsp3) is 0.240. The molecule has 0 aliphatic carbocycles. The van der Waals surface area contributed by atoms with Crippen LogP contribution in [0, 0.1) is 13.8 Å². The van der Waals surface area contributed by atoms with Gasteiger partial charge in [-0.1, -0.05) is 60.2 Å². The maximum Gasteiger partial charge on any atom is 0.254 e. The second-order valence-electron chi connectivity index (χ2n) is 7.46. The Kier molecular flexibility index (Phi) is 5.16. The molecule has 0 bridgehead atoms. The lowest BCUT2D eigenvalue weighted by atomic mass is 9.97. The van der Waals surface area contributed by atoms with Crippen molar-refractivity contribution in [1.82, 2.24) is 4.90 Å². The van der Waals surface area contributed by atoms with E-state index in [4.69, 9.17) is 4.74 Å². The summed E-state index contributed by atoms with van der Waals surface area (Å²) in [6.45, 7) is 6.05. The third-order valence-corrected chi connectivity index (χ3v) is 5.42. The van der Waals surface area contributed by atoms with Crippen molar-refractivity contribution in [2.75, 3.05) is 6.54 Å². The summed E-state index contributed by atoms with van der Waals surface area (Å²) < 4.78 is 6.08. The first-order chi connectivity index (χ1) is 13.6. The molecule has 3 heteroatoms. The average molecular weight is 371 g/mol. The smallest absolute Gasteiger partial charge is 0.254 e. The van der Waals surface area contributed by atoms with Crippen LogP contribution < -0.4 is 4.74 Å². The first-order valence-corrected chi connectivity index (χ1v) is 9.76. The van der Waals surface area contributed by atoms with Gasteiger partial charge in [0.25, 0.3) is 5.91 Å². The number of hydrogen-bond acceptors (Lipinski definition) is 2. The predicted octanol–water partition coefficient (Wildman–Crippen LogP) is 5.08. The molecule has 0 radical (unpaired) electrons. The van der Waals surface area contributed by atoms with Crippen molar-refractivity contribution in [2.45, 2.75) is 33.4 Å². The molecule has 0 atom stereocenters. The molecule has 1 amide bonds. The molecule has 3 nitrogen and oxygen atoms in total. The zero-order chi connectivity index (χ0) is 19.5. The second-order valence-corrected chi connectivity index (χ2v) is 7.46. The molecule has 3 aromatic rings. The van der Waals surface area contributed by atoms with Gasteiger partial charge in [0, 0.05) is 24.2 Å². The molecule has 0 aromatic heterocycles. The van der Waals surface area contributed by atoms with Crippen LogP contribution in [0.1, 0.15) is 38.2 Å². The lowest BCUT2D eigenvalue weighted by Crippen LogP contribution is -2.37. The number of ether oxygens (including phenoxy) is 1. The number of rotatable bonds is 5. The van der Waals surface area contributed by atoms with E-state index in [1.807, 2.05) is 35.2 Å². The molecular formula is C25H25NO2. The van der Waals surface area contributed by atoms with Gasteiger partial charge in [-0.2, -0.15) is 0 Å². The van der Waals surface area contributed by atoms with E-state index in [0.29, 0.717) is 19.7 Å². The molecule has 142 valence electrons. The standard InChI is InChI=1S/C25H25NO2/c1-18-10-12-20(13-11-18)17-28-24-9-5-8-23-22(24)14-15-26(25(23)27)16-21-7-4-3-6-19(21)2/h3-13H,14-17H2,1-2H3. The van der Waals surface area contributed by atoms with Crippen molar-refractivity contribution in [3.63, 3.8) is 0 Å². The zero-order valence-corrected chi connectivity index (χ0v) is 16.4. The number of carbonyl (C=O) groups is 1. The quantitative estimate of drug-likeness (QED) is 0.626. The van der Waals surface area contributed by atoms with Gasteiger partial charge in [-0.05, 0) is 49.1 Å². The monoisotopic (exact) mass is 371 g/mol. The van der Waals surface area contributed by atoms with Crippen LogP contribution in [0.5, 0.6) is 5.75 Å². The van der Waals surface area contributed by atoms with Gasteiger partial charge in [0.05, 0.1) is 0 Å². The molecule has 3 aromatic carbocycles. The summed E-state index contributed by atoms with van der Waals surface area (Å²) in [5, 5.41) is 0. The van der Waals surface area contributed by atoms with Gasteiger partial charge in [0.15, 0.2) is 0 Å². The van der Waals surface area contributed by atoms with Crippen LogP contribution in [0.15, 0.2) is 66.7 Å². The van der Waals surface area contributed by atoms with Gasteiger partial charge in [0.1, 0.15) is 12.4 Å². The highest BCUT2D eigenvalue weighted by Crippen LogP contribution is 2.29. The maximum absolute atomic E-state index is 13.1. The number of carbonyl (C=O) groups excluding carboxylic acids is 1. The highest BCUT2D eigenvalue weighted by molar-refractivity contribution is 5.97. The summed E-state index contributed by atoms with van der Waals surface area (Å²) in [4.78, 5) is 15.0. The minimum Gasteiger partial charge on any atom is -0.489 e. The molecule has 28 heavy (non-hydrogen) atoms. The van der Waals surface area contributed by atoms with Crippen LogP contribution >= 0.6 is 0 Å². The van der Waals surface area contributed by atoms with E-state index in [1.165, 1.54) is 16.7 Å². The van der Waals surface area contributed by atoms with Crippen LogP contribution in [0.2, 0.25) is 0 Å². The first-order valence-electron chi connectivity index (χ1n) is 9.76. The van der Waals surface area contributed by atoms with Crippen molar-refractivity contribution in [1.29, 1.82) is 0 Å². The van der Waals surface area contributed by atoms with Gasteiger partial charge >= 0.3 is 0 Å². The highest BCUT2D eigenvalue weighted by atomic mass is 16.5. The lowest BCUT2D eigenvalue weighted by Gasteiger charge is -2.30. The maximum atomic E-state index is 13.1. The summed E-state index contributed by atoms with van der Waals surface area (Å²) in [6, 6.07) is 22.4. The van der Waals surface area contributed by atoms with Crippen LogP contribution in [-0.4, -0.2) is 17.4 Å². The normalized spacial score (nSPS) is 13.4. The number of fused-ring (bicyclic) bond motifs is 1. The van der Waals surface area contributed by atoms with E-state index in [2.05, 4.69) is 50.2 Å². The van der Waals surface area contributed by atoms with E-state index in [0.717, 1.165) is 28.9 Å². The fourth-order valence-electron chi connectivity index (χ4n) is 3.67. The minimum atomic E-state index is 0.0882. The molecule has 0 N–H and O–H groups in total. The van der Waals surface area contributed by atoms with E-state index >= 15 is 0 Å². The van der Waals surface area contributed by atoms with E-state index in [-0.39, 0.29) is 5.91 Å². The summed E-state index contributed by atoms with van der Waals surface area (Å²) in [5.74, 6) is 0.909. The van der Waals surface area contributed by atoms with Crippen molar-refractivity contribution in [3.8, 4) is 5.75 Å². The third-order valence-electron chi connectivity index (χ3n) is 5.42. The first kappa shape index (κ1) is 18.3. The van der Waals surface area contributed by atoms with Gasteiger partial charge < -0.3 is 9.64 Å². The van der Waals surface area contributed by atoms with Crippen molar-refractivity contribution in [2.24, 2.45) is 0 Å². The highest BCUT2D eigenvalue weighted by Gasteiger charge is 2.26. The third kappa shape index (κ3) is 3.79. The number of hydrogen-bond donors (Lipinski definition) is 0. The van der Waals surface area contributed by atoms with E-state index < -0.39 is 0 Å². The van der Waals surface area contributed by atoms with Crippen molar-refractivity contribution < 1.29 is 9.53 Å². The van der Waals surface area contributed by atoms with Crippen LogP contribution in [0.3, 0.4) is 0 Å². The summed E-state index contributed by atoms with van der Waals surface area (Å²) >= 11 is 0. The Balaban J connectivity index is 1.51. The molecule has 4 rings (SSSR count). The van der Waals surface area contributed by atoms with Crippen LogP contribution in [-0.2, 0) is 19.6 Å². The average Bonchev–Trinajstić information content (AvgIpc) is 2.71. The Bertz CT molecular complexity index is 992. The fourth-order valence-corrected chi connectivity index (χ4v) is 3.67. The predicted molar refractivity (Wildman–Crippen MR) is 112 cm³/mol. The van der Waals surface area contributed by atoms with Gasteiger partial charge in [-0.3, -0.25) is 4.79 Å². The molecule has 0 saturated carbocycles. The number of nitrogens with zero attached hydrogens (tertiary/aromatic N) is 1. The zero-order valence-electron chi connectivity index (χ0n) is 16.4. The number of aryl methyl sites for hydroxylation is 2. The van der Waals surface area contributed by atoms with E-state index in [9.17, 15) is 4.79 Å². The van der Waals surface area contributed by atoms with E-state index in [1.54, 1.807) is 0 Å². The topological polar surface area (TPSA) is 29.5 Å². The Labute approximate surface area is 166 Å². The summed E-state index contributed by atoms with van der Waals surface area (Å²) in [7, 11) is 0. The molecule has 1 aliphatic heterocycles. The Hall–Kier alpha value is -3.07.